The highest BCUT2D eigenvalue weighted by Crippen LogP contribution is 2.27. The van der Waals surface area contributed by atoms with Gasteiger partial charge in [0.05, 0.1) is 23.3 Å². The lowest BCUT2D eigenvalue weighted by Gasteiger charge is -2.31. The second-order valence-electron chi connectivity index (χ2n) is 4.93. The lowest BCUT2D eigenvalue weighted by atomic mass is 10.2. The van der Waals surface area contributed by atoms with Crippen LogP contribution < -0.4 is 10.1 Å². The Labute approximate surface area is 133 Å². The molecule has 118 valence electrons. The Kier molecular flexibility index (Phi) is 5.07. The Hall–Kier alpha value is -2.02. The van der Waals surface area contributed by atoms with Gasteiger partial charge in [-0.25, -0.2) is 0 Å². The van der Waals surface area contributed by atoms with Gasteiger partial charge in [-0.1, -0.05) is 12.1 Å². The second kappa shape index (κ2) is 6.83. The number of ether oxygens (including phenoxy) is 1. The second-order valence-corrected chi connectivity index (χ2v) is 6.62. The van der Waals surface area contributed by atoms with Gasteiger partial charge in [0.1, 0.15) is 12.3 Å². The van der Waals surface area contributed by atoms with Crippen LogP contribution in [0.4, 0.5) is 5.69 Å². The van der Waals surface area contributed by atoms with Crippen LogP contribution in [0.15, 0.2) is 24.3 Å². The number of anilines is 1. The maximum atomic E-state index is 12.1. The first kappa shape index (κ1) is 16.4. The number of carbonyl (C=O) groups is 3. The summed E-state index contributed by atoms with van der Waals surface area (Å²) in [5, 5.41) is 2.01. The number of thioether (sulfide) groups is 1. The number of nitrogens with zero attached hydrogens (tertiary/aromatic N) is 1. The van der Waals surface area contributed by atoms with E-state index in [2.05, 4.69) is 5.32 Å². The molecule has 0 radical (unpaired) electrons. The van der Waals surface area contributed by atoms with Crippen molar-refractivity contribution in [3.63, 3.8) is 0 Å². The van der Waals surface area contributed by atoms with Gasteiger partial charge >= 0.3 is 0 Å². The first-order chi connectivity index (χ1) is 10.4. The fraction of sp³-hybridized carbons (Fsp3) is 0.400. The van der Waals surface area contributed by atoms with E-state index in [0.29, 0.717) is 11.4 Å². The highest BCUT2D eigenvalue weighted by Gasteiger charge is 2.38. The van der Waals surface area contributed by atoms with Gasteiger partial charge in [0.15, 0.2) is 0 Å². The Bertz CT molecular complexity index is 585. The Morgan fingerprint density at radius 1 is 1.23 bits per heavy atom. The third-order valence-corrected chi connectivity index (χ3v) is 4.54. The van der Waals surface area contributed by atoms with E-state index in [-0.39, 0.29) is 28.9 Å². The molecule has 1 aromatic carbocycles. The average molecular weight is 322 g/mol. The van der Waals surface area contributed by atoms with Crippen molar-refractivity contribution in [1.82, 2.24) is 4.90 Å². The molecule has 1 N–H and O–H groups in total. The highest BCUT2D eigenvalue weighted by molar-refractivity contribution is 8.02. The van der Waals surface area contributed by atoms with Crippen LogP contribution in [0.3, 0.4) is 0 Å². The number of hydrogen-bond donors (Lipinski definition) is 1. The zero-order valence-electron chi connectivity index (χ0n) is 12.7. The van der Waals surface area contributed by atoms with E-state index in [1.54, 1.807) is 38.1 Å². The fourth-order valence-corrected chi connectivity index (χ4v) is 3.31. The summed E-state index contributed by atoms with van der Waals surface area (Å²) in [6.07, 6.45) is 0. The molecule has 1 aromatic rings. The summed E-state index contributed by atoms with van der Waals surface area (Å²) in [6.45, 7) is 3.19. The van der Waals surface area contributed by atoms with E-state index in [0.717, 1.165) is 4.90 Å². The molecule has 1 saturated heterocycles. The van der Waals surface area contributed by atoms with Gasteiger partial charge in [-0.2, -0.15) is 0 Å². The molecule has 0 saturated carbocycles. The van der Waals surface area contributed by atoms with Crippen molar-refractivity contribution in [2.75, 3.05) is 19.0 Å². The van der Waals surface area contributed by atoms with E-state index in [1.807, 2.05) is 0 Å². The van der Waals surface area contributed by atoms with E-state index in [1.165, 1.54) is 18.9 Å². The van der Waals surface area contributed by atoms with Gasteiger partial charge in [0.2, 0.25) is 17.7 Å². The fourth-order valence-electron chi connectivity index (χ4n) is 2.21. The zero-order valence-corrected chi connectivity index (χ0v) is 13.5. The summed E-state index contributed by atoms with van der Waals surface area (Å²) in [5.41, 5.74) is 0.502. The number of amides is 3. The molecule has 1 aliphatic rings. The van der Waals surface area contributed by atoms with Gasteiger partial charge < -0.3 is 10.1 Å². The summed E-state index contributed by atoms with van der Waals surface area (Å²) >= 11 is 1.31. The van der Waals surface area contributed by atoms with Crippen LogP contribution in [0.25, 0.3) is 0 Å². The van der Waals surface area contributed by atoms with Gasteiger partial charge in [0, 0.05) is 0 Å². The SMILES string of the molecule is COc1ccccc1NC(=O)CN1C(=O)C(C)SC(C)C1=O. The van der Waals surface area contributed by atoms with Crippen molar-refractivity contribution in [3.8, 4) is 5.75 Å². The van der Waals surface area contributed by atoms with Crippen molar-refractivity contribution in [1.29, 1.82) is 0 Å². The lowest BCUT2D eigenvalue weighted by Crippen LogP contribution is -2.52. The number of carbonyl (C=O) groups excluding carboxylic acids is 3. The molecule has 0 aliphatic carbocycles. The molecule has 2 unspecified atom stereocenters. The highest BCUT2D eigenvalue weighted by atomic mass is 32.2. The van der Waals surface area contributed by atoms with Crippen LogP contribution in [0.2, 0.25) is 0 Å². The lowest BCUT2D eigenvalue weighted by molar-refractivity contribution is -0.147. The zero-order chi connectivity index (χ0) is 16.3. The molecule has 22 heavy (non-hydrogen) atoms. The smallest absolute Gasteiger partial charge is 0.244 e. The molecule has 2 rings (SSSR count). The number of hydrogen-bond acceptors (Lipinski definition) is 5. The summed E-state index contributed by atoms with van der Waals surface area (Å²) < 4.78 is 5.15. The van der Waals surface area contributed by atoms with Gasteiger partial charge in [-0.3, -0.25) is 19.3 Å². The van der Waals surface area contributed by atoms with Crippen molar-refractivity contribution < 1.29 is 19.1 Å². The van der Waals surface area contributed by atoms with E-state index < -0.39 is 5.91 Å². The molecule has 1 fully saturated rings. The van der Waals surface area contributed by atoms with Gasteiger partial charge in [0.25, 0.3) is 0 Å². The molecular weight excluding hydrogens is 304 g/mol. The van der Waals surface area contributed by atoms with Crippen molar-refractivity contribution in [2.45, 2.75) is 24.3 Å². The summed E-state index contributed by atoms with van der Waals surface area (Å²) in [6, 6.07) is 6.95. The molecule has 1 aliphatic heterocycles. The number of para-hydroxylation sites is 2. The van der Waals surface area contributed by atoms with E-state index in [9.17, 15) is 14.4 Å². The number of rotatable bonds is 4. The molecule has 7 heteroatoms. The minimum atomic E-state index is -0.433. The molecule has 3 amide bonds. The summed E-state index contributed by atoms with van der Waals surface area (Å²) in [7, 11) is 1.50. The van der Waals surface area contributed by atoms with E-state index in [4.69, 9.17) is 4.74 Å². The molecule has 0 bridgehead atoms. The van der Waals surface area contributed by atoms with Gasteiger partial charge in [-0.05, 0) is 26.0 Å². The maximum Gasteiger partial charge on any atom is 0.244 e. The number of imide groups is 1. The minimum absolute atomic E-state index is 0.287. The standard InChI is InChI=1S/C15H18N2O4S/c1-9-14(19)17(15(20)10(2)22-9)8-13(18)16-11-6-4-5-7-12(11)21-3/h4-7,9-10H,8H2,1-3H3,(H,16,18). The molecule has 0 spiro atoms. The van der Waals surface area contributed by atoms with Crippen molar-refractivity contribution in [3.05, 3.63) is 24.3 Å². The summed E-state index contributed by atoms with van der Waals surface area (Å²) in [5.74, 6) is -0.575. The minimum Gasteiger partial charge on any atom is -0.495 e. The predicted molar refractivity (Wildman–Crippen MR) is 84.9 cm³/mol. The van der Waals surface area contributed by atoms with Gasteiger partial charge in [-0.15, -0.1) is 11.8 Å². The molecular formula is C15H18N2O4S. The topological polar surface area (TPSA) is 75.7 Å². The summed E-state index contributed by atoms with van der Waals surface area (Å²) in [4.78, 5) is 37.3. The first-order valence-corrected chi connectivity index (χ1v) is 7.82. The molecule has 0 aromatic heterocycles. The third kappa shape index (κ3) is 3.41. The Morgan fingerprint density at radius 3 is 2.41 bits per heavy atom. The van der Waals surface area contributed by atoms with Crippen LogP contribution in [0, 0.1) is 0 Å². The van der Waals surface area contributed by atoms with E-state index >= 15 is 0 Å². The monoisotopic (exact) mass is 322 g/mol. The van der Waals surface area contributed by atoms with Crippen LogP contribution in [0.1, 0.15) is 13.8 Å². The quantitative estimate of drug-likeness (QED) is 0.851. The van der Waals surface area contributed by atoms with Crippen molar-refractivity contribution in [2.24, 2.45) is 0 Å². The average Bonchev–Trinajstić information content (AvgIpc) is 2.50. The number of benzene rings is 1. The molecule has 1 heterocycles. The first-order valence-electron chi connectivity index (χ1n) is 6.87. The van der Waals surface area contributed by atoms with Crippen molar-refractivity contribution >= 4 is 35.2 Å². The van der Waals surface area contributed by atoms with Crippen LogP contribution in [-0.2, 0) is 14.4 Å². The number of nitrogens with one attached hydrogen (secondary N) is 1. The predicted octanol–water partition coefficient (Wildman–Crippen LogP) is 1.51. The number of methoxy groups -OCH3 is 1. The molecule has 6 nitrogen and oxygen atoms in total. The van der Waals surface area contributed by atoms with Crippen LogP contribution in [0.5, 0.6) is 5.75 Å². The largest absolute Gasteiger partial charge is 0.495 e. The Balaban J connectivity index is 2.07. The Morgan fingerprint density at radius 2 is 1.82 bits per heavy atom. The molecule has 2 atom stereocenters. The normalized spacial score (nSPS) is 21.7. The third-order valence-electron chi connectivity index (χ3n) is 3.32. The van der Waals surface area contributed by atoms with Crippen LogP contribution >= 0.6 is 11.8 Å². The maximum absolute atomic E-state index is 12.1. The van der Waals surface area contributed by atoms with Crippen LogP contribution in [-0.4, -0.2) is 46.8 Å².